The van der Waals surface area contributed by atoms with Crippen LogP contribution in [0.3, 0.4) is 0 Å². The second kappa shape index (κ2) is 9.20. The monoisotopic (exact) mass is 446 g/mol. The Labute approximate surface area is 196 Å². The van der Waals surface area contributed by atoms with Crippen LogP contribution in [-0.4, -0.2) is 35.9 Å². The molecule has 1 aliphatic heterocycles. The molecule has 33 heavy (non-hydrogen) atoms. The lowest BCUT2D eigenvalue weighted by Gasteiger charge is -2.38. The van der Waals surface area contributed by atoms with Crippen LogP contribution < -0.4 is 10.1 Å². The van der Waals surface area contributed by atoms with Gasteiger partial charge in [-0.1, -0.05) is 42.8 Å². The number of carbonyl (C=O) groups excluding carboxylic acids is 2. The molecule has 5 rings (SSSR count). The third-order valence-electron chi connectivity index (χ3n) is 7.12. The van der Waals surface area contributed by atoms with E-state index in [0.717, 1.165) is 43.5 Å². The van der Waals surface area contributed by atoms with Gasteiger partial charge < -0.3 is 15.0 Å². The predicted octanol–water partition coefficient (Wildman–Crippen LogP) is 4.56. The van der Waals surface area contributed by atoms with Gasteiger partial charge in [-0.3, -0.25) is 9.59 Å². The molecule has 5 nitrogen and oxygen atoms in total. The average Bonchev–Trinajstić information content (AvgIpc) is 3.73. The van der Waals surface area contributed by atoms with Gasteiger partial charge in [-0.2, -0.15) is 0 Å². The highest BCUT2D eigenvalue weighted by atomic mass is 16.5. The van der Waals surface area contributed by atoms with E-state index < -0.39 is 6.10 Å². The summed E-state index contributed by atoms with van der Waals surface area (Å²) in [6.45, 7) is 5.55. The molecule has 0 saturated heterocycles. The smallest absolute Gasteiger partial charge is 0.261 e. The molecule has 2 aliphatic carbocycles. The van der Waals surface area contributed by atoms with Crippen LogP contribution in [0, 0.1) is 18.8 Å². The van der Waals surface area contributed by atoms with Gasteiger partial charge in [0.05, 0.1) is 6.04 Å². The minimum Gasteiger partial charge on any atom is -0.481 e. The molecule has 0 aromatic heterocycles. The van der Waals surface area contributed by atoms with Crippen molar-refractivity contribution in [1.29, 1.82) is 0 Å². The van der Waals surface area contributed by atoms with Gasteiger partial charge in [0.25, 0.3) is 5.91 Å². The van der Waals surface area contributed by atoms with Crippen LogP contribution in [0.1, 0.15) is 67.3 Å². The van der Waals surface area contributed by atoms with Gasteiger partial charge in [0.15, 0.2) is 6.10 Å². The minimum absolute atomic E-state index is 0.0390. The Bertz CT molecular complexity index is 1040. The number of benzene rings is 2. The zero-order valence-electron chi connectivity index (χ0n) is 19.7. The van der Waals surface area contributed by atoms with Crippen molar-refractivity contribution in [2.45, 2.75) is 64.5 Å². The molecule has 2 amide bonds. The van der Waals surface area contributed by atoms with Gasteiger partial charge in [0.2, 0.25) is 5.91 Å². The summed E-state index contributed by atoms with van der Waals surface area (Å²) in [4.78, 5) is 27.9. The van der Waals surface area contributed by atoms with Gasteiger partial charge in [-0.15, -0.1) is 0 Å². The van der Waals surface area contributed by atoms with E-state index in [1.54, 1.807) is 0 Å². The van der Waals surface area contributed by atoms with Crippen LogP contribution in [0.25, 0.3) is 0 Å². The van der Waals surface area contributed by atoms with Crippen molar-refractivity contribution in [3.05, 3.63) is 64.7 Å². The first-order chi connectivity index (χ1) is 16.0. The quantitative estimate of drug-likeness (QED) is 0.647. The largest absolute Gasteiger partial charge is 0.481 e. The number of hydrogen-bond acceptors (Lipinski definition) is 3. The first-order valence-electron chi connectivity index (χ1n) is 12.5. The Hall–Kier alpha value is -2.82. The summed E-state index contributed by atoms with van der Waals surface area (Å²) < 4.78 is 6.19. The van der Waals surface area contributed by atoms with Gasteiger partial charge >= 0.3 is 0 Å². The van der Waals surface area contributed by atoms with Crippen molar-refractivity contribution in [3.8, 4) is 5.75 Å². The van der Waals surface area contributed by atoms with Gasteiger partial charge in [-0.05, 0) is 80.2 Å². The third-order valence-corrected chi connectivity index (χ3v) is 7.12. The summed E-state index contributed by atoms with van der Waals surface area (Å²) in [6, 6.07) is 14.5. The fourth-order valence-corrected chi connectivity index (χ4v) is 4.84. The molecule has 2 fully saturated rings. The van der Waals surface area contributed by atoms with Crippen molar-refractivity contribution in [2.24, 2.45) is 11.8 Å². The number of fused-ring (bicyclic) bond motifs is 1. The summed E-state index contributed by atoms with van der Waals surface area (Å²) in [6.07, 6.45) is 5.36. The molecule has 0 radical (unpaired) electrons. The van der Waals surface area contributed by atoms with E-state index in [0.29, 0.717) is 18.1 Å². The average molecular weight is 447 g/mol. The maximum Gasteiger partial charge on any atom is 0.261 e. The first kappa shape index (κ1) is 22.0. The van der Waals surface area contributed by atoms with Crippen LogP contribution in [0.2, 0.25) is 0 Å². The Kier molecular flexibility index (Phi) is 6.13. The lowest BCUT2D eigenvalue weighted by atomic mass is 9.87. The van der Waals surface area contributed by atoms with E-state index in [4.69, 9.17) is 4.74 Å². The molecular formula is C28H34N2O3. The number of amides is 2. The number of aryl methyl sites for hydroxylation is 1. The molecular weight excluding hydrogens is 412 g/mol. The van der Waals surface area contributed by atoms with Crippen molar-refractivity contribution < 1.29 is 14.3 Å². The zero-order chi connectivity index (χ0) is 22.9. The molecule has 3 aliphatic rings. The number of hydrogen-bond donors (Lipinski definition) is 1. The molecule has 2 aromatic rings. The molecule has 1 N–H and O–H groups in total. The second-order valence-electron chi connectivity index (χ2n) is 9.94. The van der Waals surface area contributed by atoms with Crippen molar-refractivity contribution >= 4 is 11.8 Å². The van der Waals surface area contributed by atoms with E-state index in [9.17, 15) is 9.59 Å². The number of ether oxygens (including phenoxy) is 1. The Morgan fingerprint density at radius 2 is 1.94 bits per heavy atom. The predicted molar refractivity (Wildman–Crippen MR) is 128 cm³/mol. The van der Waals surface area contributed by atoms with Crippen molar-refractivity contribution in [3.63, 3.8) is 0 Å². The summed E-state index contributed by atoms with van der Waals surface area (Å²) in [7, 11) is 0. The highest BCUT2D eigenvalue weighted by molar-refractivity contribution is 5.82. The summed E-state index contributed by atoms with van der Waals surface area (Å²) in [5.41, 5.74) is 4.69. The van der Waals surface area contributed by atoms with Gasteiger partial charge in [0.1, 0.15) is 5.75 Å². The molecule has 2 unspecified atom stereocenters. The molecule has 2 saturated carbocycles. The lowest BCUT2D eigenvalue weighted by molar-refractivity contribution is -0.134. The molecule has 2 aromatic carbocycles. The summed E-state index contributed by atoms with van der Waals surface area (Å²) >= 11 is 0. The number of rotatable bonds is 8. The number of nitrogens with zero attached hydrogens (tertiary/aromatic N) is 1. The van der Waals surface area contributed by atoms with E-state index >= 15 is 0 Å². The molecule has 174 valence electrons. The highest BCUT2D eigenvalue weighted by Crippen LogP contribution is 2.41. The molecule has 2 atom stereocenters. The maximum atomic E-state index is 13.2. The third kappa shape index (κ3) is 4.92. The van der Waals surface area contributed by atoms with Crippen LogP contribution in [0.15, 0.2) is 42.5 Å². The van der Waals surface area contributed by atoms with Crippen molar-refractivity contribution in [2.75, 3.05) is 13.1 Å². The Balaban J connectivity index is 1.43. The highest BCUT2D eigenvalue weighted by Gasteiger charge is 2.39. The van der Waals surface area contributed by atoms with E-state index in [2.05, 4.69) is 53.5 Å². The lowest BCUT2D eigenvalue weighted by Crippen LogP contribution is -2.41. The van der Waals surface area contributed by atoms with Gasteiger partial charge in [0, 0.05) is 19.0 Å². The minimum atomic E-state index is -0.507. The Morgan fingerprint density at radius 1 is 1.12 bits per heavy atom. The normalized spacial score (nSPS) is 20.7. The fourth-order valence-electron chi connectivity index (χ4n) is 4.84. The van der Waals surface area contributed by atoms with Crippen LogP contribution in [-0.2, 0) is 16.0 Å². The van der Waals surface area contributed by atoms with Crippen LogP contribution >= 0.6 is 0 Å². The Morgan fingerprint density at radius 3 is 2.64 bits per heavy atom. The number of carbonyl (C=O) groups is 2. The van der Waals surface area contributed by atoms with Crippen LogP contribution in [0.4, 0.5) is 0 Å². The standard InChI is InChI=1S/C28H34N2O3/c1-3-25(27(31)29-17-19-7-8-19)33-23-12-11-20-13-14-30(28(32)21-9-10-21)26(24(20)16-23)22-6-4-5-18(2)15-22/h4-6,11-12,15-16,19,21,25-26H,3,7-10,13-14,17H2,1-2H3,(H,29,31). The van der Waals surface area contributed by atoms with Crippen LogP contribution in [0.5, 0.6) is 5.75 Å². The molecule has 0 spiro atoms. The topological polar surface area (TPSA) is 58.6 Å². The summed E-state index contributed by atoms with van der Waals surface area (Å²) in [5, 5.41) is 3.04. The van der Waals surface area contributed by atoms with E-state index in [1.807, 2.05) is 13.0 Å². The van der Waals surface area contributed by atoms with Crippen molar-refractivity contribution in [1.82, 2.24) is 10.2 Å². The molecule has 0 bridgehead atoms. The second-order valence-corrected chi connectivity index (χ2v) is 9.94. The first-order valence-corrected chi connectivity index (χ1v) is 12.5. The summed E-state index contributed by atoms with van der Waals surface area (Å²) in [5.74, 6) is 1.74. The van der Waals surface area contributed by atoms with E-state index in [1.165, 1.54) is 24.0 Å². The molecule has 1 heterocycles. The van der Waals surface area contributed by atoms with Gasteiger partial charge in [-0.25, -0.2) is 0 Å². The zero-order valence-corrected chi connectivity index (χ0v) is 19.7. The SMILES string of the molecule is CCC(Oc1ccc2c(c1)C(c1cccc(C)c1)N(C(=O)C1CC1)CC2)C(=O)NCC1CC1. The number of nitrogens with one attached hydrogen (secondary N) is 1. The molecule has 5 heteroatoms. The maximum absolute atomic E-state index is 13.2. The fraction of sp³-hybridized carbons (Fsp3) is 0.500. The van der Waals surface area contributed by atoms with E-state index in [-0.39, 0.29) is 23.8 Å².